The largest absolute Gasteiger partial charge is 0.573 e. The highest BCUT2D eigenvalue weighted by molar-refractivity contribution is 5.42. The zero-order chi connectivity index (χ0) is 13.9. The molecule has 0 aromatic heterocycles. The summed E-state index contributed by atoms with van der Waals surface area (Å²) in [4.78, 5) is 0. The third-order valence-electron chi connectivity index (χ3n) is 3.12. The number of rotatable bonds is 3. The Bertz CT molecular complexity index is 428. The van der Waals surface area contributed by atoms with Crippen molar-refractivity contribution in [3.05, 3.63) is 23.8 Å². The van der Waals surface area contributed by atoms with E-state index in [-0.39, 0.29) is 11.8 Å². The van der Waals surface area contributed by atoms with Crippen LogP contribution in [0.3, 0.4) is 0 Å². The molecule has 106 valence electrons. The van der Waals surface area contributed by atoms with Gasteiger partial charge in [0.2, 0.25) is 0 Å². The zero-order valence-corrected chi connectivity index (χ0v) is 10.6. The number of methoxy groups -OCH3 is 1. The van der Waals surface area contributed by atoms with Gasteiger partial charge in [-0.15, -0.1) is 13.2 Å². The maximum atomic E-state index is 12.2. The number of hydrogen-bond donors (Lipinski definition) is 1. The second-order valence-electron chi connectivity index (χ2n) is 4.45. The van der Waals surface area contributed by atoms with Crippen molar-refractivity contribution in [1.82, 2.24) is 5.32 Å². The summed E-state index contributed by atoms with van der Waals surface area (Å²) in [6.07, 6.45) is -1.51. The standard InChI is InChI=1S/C13H16F3NO2/c1-18-12-8-9(19-13(14,15)16)5-6-10(12)11-4-2-3-7-17-11/h5-6,8,11,17H,2-4,7H2,1H3/t11-/m1/s1. The van der Waals surface area contributed by atoms with Crippen LogP contribution < -0.4 is 14.8 Å². The van der Waals surface area contributed by atoms with E-state index in [1.54, 1.807) is 6.07 Å². The molecule has 0 saturated carbocycles. The predicted molar refractivity (Wildman–Crippen MR) is 64.3 cm³/mol. The van der Waals surface area contributed by atoms with Crippen LogP contribution in [0.5, 0.6) is 11.5 Å². The molecule has 0 bridgehead atoms. The molecule has 1 aliphatic heterocycles. The molecule has 3 nitrogen and oxygen atoms in total. The minimum atomic E-state index is -4.68. The third kappa shape index (κ3) is 3.76. The highest BCUT2D eigenvalue weighted by atomic mass is 19.4. The molecule has 0 aliphatic carbocycles. The Morgan fingerprint density at radius 2 is 2.05 bits per heavy atom. The monoisotopic (exact) mass is 275 g/mol. The highest BCUT2D eigenvalue weighted by Crippen LogP contribution is 2.34. The van der Waals surface area contributed by atoms with Gasteiger partial charge in [-0.05, 0) is 25.5 Å². The Labute approximate surface area is 109 Å². The van der Waals surface area contributed by atoms with Gasteiger partial charge in [0.15, 0.2) is 0 Å². The molecular formula is C13H16F3NO2. The number of ether oxygens (including phenoxy) is 2. The average Bonchev–Trinajstić information content (AvgIpc) is 2.37. The third-order valence-corrected chi connectivity index (χ3v) is 3.12. The second-order valence-corrected chi connectivity index (χ2v) is 4.45. The number of benzene rings is 1. The van der Waals surface area contributed by atoms with Gasteiger partial charge in [-0.25, -0.2) is 0 Å². The maximum absolute atomic E-state index is 12.2. The normalized spacial score (nSPS) is 20.1. The molecule has 1 heterocycles. The van der Waals surface area contributed by atoms with Gasteiger partial charge in [-0.1, -0.05) is 12.5 Å². The molecule has 0 spiro atoms. The Morgan fingerprint density at radius 3 is 2.63 bits per heavy atom. The van der Waals surface area contributed by atoms with Crippen molar-refractivity contribution in [3.63, 3.8) is 0 Å². The van der Waals surface area contributed by atoms with Crippen LogP contribution in [0.25, 0.3) is 0 Å². The zero-order valence-electron chi connectivity index (χ0n) is 10.6. The molecule has 1 aromatic carbocycles. The maximum Gasteiger partial charge on any atom is 0.573 e. The summed E-state index contributed by atoms with van der Waals surface area (Å²) < 4.78 is 45.5. The van der Waals surface area contributed by atoms with Gasteiger partial charge in [0.1, 0.15) is 11.5 Å². The Kier molecular flexibility index (Phi) is 4.19. The average molecular weight is 275 g/mol. The molecule has 1 aromatic rings. The van der Waals surface area contributed by atoms with Crippen LogP contribution in [-0.4, -0.2) is 20.0 Å². The van der Waals surface area contributed by atoms with Gasteiger partial charge in [0.25, 0.3) is 0 Å². The topological polar surface area (TPSA) is 30.5 Å². The molecule has 1 aliphatic rings. The quantitative estimate of drug-likeness (QED) is 0.917. The van der Waals surface area contributed by atoms with Gasteiger partial charge >= 0.3 is 6.36 Å². The summed E-state index contributed by atoms with van der Waals surface area (Å²) >= 11 is 0. The molecule has 0 amide bonds. The highest BCUT2D eigenvalue weighted by Gasteiger charge is 2.31. The van der Waals surface area contributed by atoms with E-state index >= 15 is 0 Å². The predicted octanol–water partition coefficient (Wildman–Crippen LogP) is 3.41. The van der Waals surface area contributed by atoms with E-state index in [4.69, 9.17) is 4.74 Å². The van der Waals surface area contributed by atoms with Crippen LogP contribution in [-0.2, 0) is 0 Å². The van der Waals surface area contributed by atoms with Crippen molar-refractivity contribution < 1.29 is 22.6 Å². The van der Waals surface area contributed by atoms with Crippen LogP contribution in [0.4, 0.5) is 13.2 Å². The SMILES string of the molecule is COc1cc(OC(F)(F)F)ccc1[C@H]1CCCCN1. The van der Waals surface area contributed by atoms with Gasteiger partial charge in [0, 0.05) is 17.7 Å². The molecule has 6 heteroatoms. The fourth-order valence-electron chi connectivity index (χ4n) is 2.29. The molecule has 19 heavy (non-hydrogen) atoms. The minimum absolute atomic E-state index is 0.128. The van der Waals surface area contributed by atoms with E-state index < -0.39 is 6.36 Å². The van der Waals surface area contributed by atoms with E-state index in [0.717, 1.165) is 31.4 Å². The molecule has 1 fully saturated rings. The Morgan fingerprint density at radius 1 is 1.26 bits per heavy atom. The van der Waals surface area contributed by atoms with Gasteiger partial charge in [-0.3, -0.25) is 0 Å². The molecule has 1 atom stereocenters. The van der Waals surface area contributed by atoms with Crippen LogP contribution in [0.15, 0.2) is 18.2 Å². The lowest BCUT2D eigenvalue weighted by Crippen LogP contribution is -2.27. The van der Waals surface area contributed by atoms with Crippen LogP contribution >= 0.6 is 0 Å². The molecule has 1 saturated heterocycles. The lowest BCUT2D eigenvalue weighted by atomic mass is 9.96. The van der Waals surface area contributed by atoms with Crippen LogP contribution in [0.2, 0.25) is 0 Å². The second kappa shape index (κ2) is 5.69. The molecular weight excluding hydrogens is 259 g/mol. The van der Waals surface area contributed by atoms with Crippen molar-refractivity contribution >= 4 is 0 Å². The molecule has 2 rings (SSSR count). The van der Waals surface area contributed by atoms with Crippen molar-refractivity contribution in [1.29, 1.82) is 0 Å². The minimum Gasteiger partial charge on any atom is -0.496 e. The first kappa shape index (κ1) is 14.0. The van der Waals surface area contributed by atoms with E-state index in [2.05, 4.69) is 10.1 Å². The Balaban J connectivity index is 2.20. The van der Waals surface area contributed by atoms with Gasteiger partial charge in [-0.2, -0.15) is 0 Å². The van der Waals surface area contributed by atoms with Crippen LogP contribution in [0.1, 0.15) is 30.9 Å². The summed E-state index contributed by atoms with van der Waals surface area (Å²) in [6.45, 7) is 0.911. The number of halogens is 3. The fourth-order valence-corrected chi connectivity index (χ4v) is 2.29. The summed E-state index contributed by atoms with van der Waals surface area (Å²) in [6, 6.07) is 4.35. The number of piperidine rings is 1. The van der Waals surface area contributed by atoms with Crippen molar-refractivity contribution in [2.75, 3.05) is 13.7 Å². The van der Waals surface area contributed by atoms with Gasteiger partial charge < -0.3 is 14.8 Å². The first-order chi connectivity index (χ1) is 8.99. The molecule has 0 radical (unpaired) electrons. The first-order valence-corrected chi connectivity index (χ1v) is 6.16. The van der Waals surface area contributed by atoms with Crippen molar-refractivity contribution in [2.45, 2.75) is 31.7 Å². The number of nitrogens with one attached hydrogen (secondary N) is 1. The Hall–Kier alpha value is -1.43. The lowest BCUT2D eigenvalue weighted by Gasteiger charge is -2.25. The molecule has 1 N–H and O–H groups in total. The molecule has 0 unspecified atom stereocenters. The van der Waals surface area contributed by atoms with E-state index in [9.17, 15) is 13.2 Å². The lowest BCUT2D eigenvalue weighted by molar-refractivity contribution is -0.274. The summed E-state index contributed by atoms with van der Waals surface area (Å²) in [5.41, 5.74) is 0.872. The van der Waals surface area contributed by atoms with E-state index in [1.807, 2.05) is 0 Å². The van der Waals surface area contributed by atoms with E-state index in [1.165, 1.54) is 19.2 Å². The smallest absolute Gasteiger partial charge is 0.496 e. The van der Waals surface area contributed by atoms with Crippen LogP contribution in [0, 0.1) is 0 Å². The van der Waals surface area contributed by atoms with E-state index in [0.29, 0.717) is 5.75 Å². The first-order valence-electron chi connectivity index (χ1n) is 6.16. The summed E-state index contributed by atoms with van der Waals surface area (Å²) in [5.74, 6) is 0.157. The summed E-state index contributed by atoms with van der Waals surface area (Å²) in [5, 5.41) is 3.33. The van der Waals surface area contributed by atoms with Gasteiger partial charge in [0.05, 0.1) is 7.11 Å². The fraction of sp³-hybridized carbons (Fsp3) is 0.538. The number of alkyl halides is 3. The summed E-state index contributed by atoms with van der Waals surface area (Å²) in [7, 11) is 1.44. The number of hydrogen-bond acceptors (Lipinski definition) is 3. The van der Waals surface area contributed by atoms with Crippen molar-refractivity contribution in [2.24, 2.45) is 0 Å². The van der Waals surface area contributed by atoms with Crippen molar-refractivity contribution in [3.8, 4) is 11.5 Å².